The van der Waals surface area contributed by atoms with E-state index in [1.807, 2.05) is 0 Å². The molecule has 0 aromatic carbocycles. The van der Waals surface area contributed by atoms with Crippen LogP contribution in [0.5, 0.6) is 0 Å². The van der Waals surface area contributed by atoms with Gasteiger partial charge in [-0.15, -0.1) is 0 Å². The Morgan fingerprint density at radius 3 is 0.548 bits per heavy atom. The molecule has 0 fully saturated rings. The highest BCUT2D eigenvalue weighted by atomic mass is 19.5. The van der Waals surface area contributed by atoms with E-state index in [1.165, 1.54) is 0 Å². The predicted octanol–water partition coefficient (Wildman–Crippen LogP) is 12.6. The number of halogens is 39. The van der Waals surface area contributed by atoms with Crippen LogP contribution in [0.25, 0.3) is 0 Å². The molecule has 1 N–H and O–H groups in total. The molecular formula is C21HF39O2. The number of aliphatic carboxylic acids is 1. The largest absolute Gasteiger partial charge is 0.478 e. The fourth-order valence-electron chi connectivity index (χ4n) is 3.54. The standard InChI is InChI=1S/C21HF39O2/c22-2(5(25,26)7(29,30)9(33,34)11(37,38)14(43,44)16(47,48)18(51,52)20(55,56)57)1(3(61)62)4(23,24)6(27,28)8(31,32)10(35,36)12(39,40)13(41,42)15(45,46)17(49,50)19(53,54)21(58,59)60/h(H,61,62). The molecule has 41 heteroatoms. The lowest BCUT2D eigenvalue weighted by molar-refractivity contribution is -0.473. The molecule has 0 bridgehead atoms. The maximum atomic E-state index is 14.3. The number of hydrogen-bond donors (Lipinski definition) is 1. The zero-order valence-electron chi connectivity index (χ0n) is 26.1. The lowest BCUT2D eigenvalue weighted by atomic mass is 9.84. The summed E-state index contributed by atoms with van der Waals surface area (Å²) in [5, 5.41) is 8.25. The van der Waals surface area contributed by atoms with Crippen LogP contribution in [0.1, 0.15) is 0 Å². The third-order valence-electron chi connectivity index (χ3n) is 7.26. The second-order valence-corrected chi connectivity index (χ2v) is 11.2. The Hall–Kier alpha value is -3.52. The first kappa shape index (κ1) is 58.5. The van der Waals surface area contributed by atoms with E-state index in [0.29, 0.717) is 0 Å². The van der Waals surface area contributed by atoms with E-state index in [0.717, 1.165) is 0 Å². The van der Waals surface area contributed by atoms with Crippen molar-refractivity contribution >= 4 is 5.97 Å². The minimum atomic E-state index is -10.2. The van der Waals surface area contributed by atoms with Gasteiger partial charge in [-0.05, 0) is 0 Å². The molecule has 0 rings (SSSR count). The first-order valence-corrected chi connectivity index (χ1v) is 12.8. The molecule has 0 unspecified atom stereocenters. The molecule has 370 valence electrons. The predicted molar refractivity (Wildman–Crippen MR) is 107 cm³/mol. The smallest absolute Gasteiger partial charge is 0.460 e. The molecule has 0 saturated carbocycles. The fraction of sp³-hybridized carbons (Fsp3) is 0.857. The Balaban J connectivity index is 8.20. The SMILES string of the molecule is O=C(O)C(=C(F)C(F)(F)C(F)(F)C(F)(F)C(F)(F)C(F)(F)C(F)(F)C(F)(F)C(F)(F)F)C(F)(F)C(F)(F)C(F)(F)C(F)(F)C(F)(F)C(F)(F)C(F)(F)C(F)(F)C(F)(F)C(F)(F)F. The highest BCUT2D eigenvalue weighted by Gasteiger charge is 2.99. The molecule has 0 aromatic heterocycles. The summed E-state index contributed by atoms with van der Waals surface area (Å²) >= 11 is 0. The highest BCUT2D eigenvalue weighted by Crippen LogP contribution is 2.69. The van der Waals surface area contributed by atoms with Crippen molar-refractivity contribution < 1.29 is 181 Å². The van der Waals surface area contributed by atoms with Crippen LogP contribution in [-0.2, 0) is 4.79 Å². The summed E-state index contributed by atoms with van der Waals surface area (Å²) in [6.45, 7) is 0. The molecule has 0 heterocycles. The Bertz CT molecular complexity index is 1720. The maximum Gasteiger partial charge on any atom is 0.460 e. The second kappa shape index (κ2) is 14.2. The topological polar surface area (TPSA) is 37.3 Å². The lowest BCUT2D eigenvalue weighted by Crippen LogP contribution is -2.77. The van der Waals surface area contributed by atoms with E-state index in [4.69, 9.17) is 5.11 Å². The van der Waals surface area contributed by atoms with Crippen LogP contribution < -0.4 is 0 Å². The summed E-state index contributed by atoms with van der Waals surface area (Å²) in [6.07, 6.45) is -16.9. The van der Waals surface area contributed by atoms with Gasteiger partial charge in [-0.2, -0.15) is 167 Å². The van der Waals surface area contributed by atoms with Crippen molar-refractivity contribution in [2.24, 2.45) is 0 Å². The number of rotatable bonds is 17. The zero-order chi connectivity index (χ0) is 51.7. The number of allylic oxidation sites excluding steroid dienone is 1. The van der Waals surface area contributed by atoms with Crippen molar-refractivity contribution in [1.82, 2.24) is 0 Å². The van der Waals surface area contributed by atoms with E-state index in [2.05, 4.69) is 0 Å². The average Bonchev–Trinajstić information content (AvgIpc) is 3.01. The molecule has 2 nitrogen and oxygen atoms in total. The molecule has 0 aliphatic heterocycles. The van der Waals surface area contributed by atoms with Crippen LogP contribution in [0.15, 0.2) is 11.4 Å². The summed E-state index contributed by atoms with van der Waals surface area (Å²) in [7, 11) is 0. The fourth-order valence-corrected chi connectivity index (χ4v) is 3.54. The van der Waals surface area contributed by atoms with Gasteiger partial charge in [0.1, 0.15) is 0 Å². The Morgan fingerprint density at radius 1 is 0.242 bits per heavy atom. The third-order valence-corrected chi connectivity index (χ3v) is 7.26. The minimum Gasteiger partial charge on any atom is -0.478 e. The monoisotopic (exact) mass is 1030 g/mol. The van der Waals surface area contributed by atoms with Gasteiger partial charge in [0.2, 0.25) is 0 Å². The third kappa shape index (κ3) is 6.75. The van der Waals surface area contributed by atoms with E-state index in [-0.39, 0.29) is 0 Å². The molecular weight excluding hydrogens is 1030 g/mol. The van der Waals surface area contributed by atoms with Gasteiger partial charge in [0.15, 0.2) is 11.4 Å². The molecule has 0 aliphatic rings. The minimum absolute atomic E-state index is 5.46. The maximum absolute atomic E-state index is 14.3. The van der Waals surface area contributed by atoms with Crippen LogP contribution in [0.2, 0.25) is 0 Å². The Morgan fingerprint density at radius 2 is 0.387 bits per heavy atom. The molecule has 0 amide bonds. The Kier molecular flexibility index (Phi) is 13.4. The molecule has 0 atom stereocenters. The van der Waals surface area contributed by atoms with E-state index < -0.39 is 124 Å². The number of hydrogen-bond acceptors (Lipinski definition) is 1. The van der Waals surface area contributed by atoms with Crippen molar-refractivity contribution in [3.63, 3.8) is 0 Å². The second-order valence-electron chi connectivity index (χ2n) is 11.2. The highest BCUT2D eigenvalue weighted by molar-refractivity contribution is 5.90. The van der Waals surface area contributed by atoms with Crippen molar-refractivity contribution in [1.29, 1.82) is 0 Å². The van der Waals surface area contributed by atoms with Crippen LogP contribution in [0, 0.1) is 0 Å². The average molecular weight is 1030 g/mol. The first-order chi connectivity index (χ1) is 26.0. The van der Waals surface area contributed by atoms with Crippen molar-refractivity contribution in [3.8, 4) is 0 Å². The Labute approximate surface area is 307 Å². The molecule has 0 saturated heterocycles. The van der Waals surface area contributed by atoms with Gasteiger partial charge >= 0.3 is 113 Å². The van der Waals surface area contributed by atoms with Gasteiger partial charge in [-0.25, -0.2) is 9.18 Å². The molecule has 0 aromatic rings. The van der Waals surface area contributed by atoms with Gasteiger partial charge in [0, 0.05) is 0 Å². The summed E-state index contributed by atoms with van der Waals surface area (Å²) in [6, 6.07) is 0. The van der Waals surface area contributed by atoms with Gasteiger partial charge in [0.05, 0.1) is 0 Å². The lowest BCUT2D eigenvalue weighted by Gasteiger charge is -2.44. The van der Waals surface area contributed by atoms with Crippen LogP contribution in [0.3, 0.4) is 0 Å². The van der Waals surface area contributed by atoms with Gasteiger partial charge < -0.3 is 5.11 Å². The van der Waals surface area contributed by atoms with Crippen LogP contribution in [-0.4, -0.2) is 118 Å². The van der Waals surface area contributed by atoms with Crippen molar-refractivity contribution in [2.45, 2.75) is 107 Å². The summed E-state index contributed by atoms with van der Waals surface area (Å²) in [5.74, 6) is -168. The van der Waals surface area contributed by atoms with E-state index >= 15 is 0 Å². The van der Waals surface area contributed by atoms with Gasteiger partial charge in [-0.1, -0.05) is 0 Å². The molecule has 0 aliphatic carbocycles. The summed E-state index contributed by atoms with van der Waals surface area (Å²) in [4.78, 5) is 10.8. The van der Waals surface area contributed by atoms with Crippen molar-refractivity contribution in [2.75, 3.05) is 0 Å². The quantitative estimate of drug-likeness (QED) is 0.116. The molecule has 0 radical (unpaired) electrons. The normalized spacial score (nSPS) is 17.3. The molecule has 0 spiro atoms. The number of alkyl halides is 38. The first-order valence-electron chi connectivity index (χ1n) is 12.8. The van der Waals surface area contributed by atoms with Gasteiger partial charge in [-0.3, -0.25) is 0 Å². The zero-order valence-corrected chi connectivity index (χ0v) is 26.1. The molecule has 62 heavy (non-hydrogen) atoms. The number of carboxylic acids is 1. The number of carbonyl (C=O) groups is 1. The van der Waals surface area contributed by atoms with E-state index in [1.54, 1.807) is 0 Å². The summed E-state index contributed by atoms with van der Waals surface area (Å²) in [5.41, 5.74) is -6.33. The van der Waals surface area contributed by atoms with Crippen LogP contribution >= 0.6 is 0 Å². The summed E-state index contributed by atoms with van der Waals surface area (Å²) < 4.78 is 525. The van der Waals surface area contributed by atoms with Crippen LogP contribution in [0.4, 0.5) is 171 Å². The van der Waals surface area contributed by atoms with Gasteiger partial charge in [0.25, 0.3) is 0 Å². The van der Waals surface area contributed by atoms with Crippen molar-refractivity contribution in [3.05, 3.63) is 11.4 Å². The van der Waals surface area contributed by atoms with E-state index in [9.17, 15) is 176 Å². The number of carboxylic acid groups (broad SMARTS) is 1.